The summed E-state index contributed by atoms with van der Waals surface area (Å²) in [4.78, 5) is 38.1. The van der Waals surface area contributed by atoms with Gasteiger partial charge in [0.2, 0.25) is 5.91 Å². The van der Waals surface area contributed by atoms with Crippen LogP contribution in [0.2, 0.25) is 0 Å². The normalized spacial score (nSPS) is 20.1. The van der Waals surface area contributed by atoms with Gasteiger partial charge in [-0.05, 0) is 43.1 Å². The molecule has 2 aliphatic rings. The highest BCUT2D eigenvalue weighted by molar-refractivity contribution is 6.05. The first-order chi connectivity index (χ1) is 14.2. The lowest BCUT2D eigenvalue weighted by atomic mass is 9.89. The number of hydrogen-bond donors (Lipinski definition) is 1. The van der Waals surface area contributed by atoms with E-state index in [2.05, 4.69) is 21.5 Å². The van der Waals surface area contributed by atoms with Crippen LogP contribution in [0.4, 0.5) is 13.2 Å². The zero-order chi connectivity index (χ0) is 21.5. The van der Waals surface area contributed by atoms with Crippen LogP contribution in [-0.2, 0) is 11.2 Å². The van der Waals surface area contributed by atoms with Crippen LogP contribution in [0.1, 0.15) is 48.2 Å². The Morgan fingerprint density at radius 1 is 1.37 bits per heavy atom. The third-order valence-corrected chi connectivity index (χ3v) is 6.24. The van der Waals surface area contributed by atoms with Gasteiger partial charge in [0.25, 0.3) is 0 Å². The van der Waals surface area contributed by atoms with Crippen molar-refractivity contribution < 1.29 is 22.8 Å². The van der Waals surface area contributed by atoms with Gasteiger partial charge in [-0.15, -0.1) is 0 Å². The molecule has 0 radical (unpaired) electrons. The van der Waals surface area contributed by atoms with E-state index in [0.717, 1.165) is 25.1 Å². The van der Waals surface area contributed by atoms with E-state index in [4.69, 9.17) is 0 Å². The summed E-state index contributed by atoms with van der Waals surface area (Å²) in [6.07, 6.45) is 1.54. The van der Waals surface area contributed by atoms with E-state index in [1.54, 1.807) is 6.20 Å². The van der Waals surface area contributed by atoms with E-state index in [1.165, 1.54) is 12.3 Å². The molecule has 1 spiro atoms. The molecule has 30 heavy (non-hydrogen) atoms. The molecule has 0 aromatic carbocycles. The number of halogens is 3. The lowest BCUT2D eigenvalue weighted by Crippen LogP contribution is -2.27. The van der Waals surface area contributed by atoms with Crippen molar-refractivity contribution in [2.75, 3.05) is 13.1 Å². The second-order valence-corrected chi connectivity index (χ2v) is 8.34. The molecule has 1 N–H and O–H groups in total. The number of fused-ring (bicyclic) bond motifs is 1. The summed E-state index contributed by atoms with van der Waals surface area (Å²) in [6.45, 7) is 4.93. The molecule has 2 fully saturated rings. The molecule has 1 atom stereocenters. The summed E-state index contributed by atoms with van der Waals surface area (Å²) in [7, 11) is 0. The number of carbonyl (C=O) groups excluding carboxylic acids is 2. The molecule has 1 amide bonds. The highest BCUT2D eigenvalue weighted by Gasteiger charge is 2.55. The molecule has 9 heteroatoms. The Kier molecular flexibility index (Phi) is 5.15. The van der Waals surface area contributed by atoms with Gasteiger partial charge in [0.15, 0.2) is 11.4 Å². The third kappa shape index (κ3) is 4.11. The van der Waals surface area contributed by atoms with Crippen molar-refractivity contribution in [3.63, 3.8) is 0 Å². The Bertz CT molecular complexity index is 994. The van der Waals surface area contributed by atoms with Gasteiger partial charge in [0, 0.05) is 32.1 Å². The van der Waals surface area contributed by atoms with E-state index in [9.17, 15) is 22.8 Å². The fourth-order valence-corrected chi connectivity index (χ4v) is 4.41. The fourth-order valence-electron chi connectivity index (χ4n) is 4.41. The van der Waals surface area contributed by atoms with Crippen molar-refractivity contribution in [2.45, 2.75) is 44.7 Å². The predicted octanol–water partition coefficient (Wildman–Crippen LogP) is 3.84. The van der Waals surface area contributed by atoms with Crippen molar-refractivity contribution in [3.05, 3.63) is 36.3 Å². The van der Waals surface area contributed by atoms with Crippen LogP contribution < -0.4 is 0 Å². The number of Topliss-reactive ketones (excluding diaryl/α,β-unsaturated/α-hetero) is 1. The lowest BCUT2D eigenvalue weighted by molar-refractivity contribution is -0.135. The number of likely N-dealkylation sites (tertiary alicyclic amines) is 1. The molecule has 1 aliphatic heterocycles. The summed E-state index contributed by atoms with van der Waals surface area (Å²) in [6, 6.07) is 0. The maximum Gasteiger partial charge on any atom is 0.389 e. The standard InChI is InChI=1S/C21H23F3N4O2/c1-2-17(30)28-11-13(20(12-28)6-7-20)8-14-9-25-19-18(27-14)15(10-26-19)16(29)4-3-5-21(22,23)24/h2,9-10,13H,1,3-8,11-12H2,(H,25,26). The summed E-state index contributed by atoms with van der Waals surface area (Å²) >= 11 is 0. The van der Waals surface area contributed by atoms with Gasteiger partial charge in [0.05, 0.1) is 17.5 Å². The number of alkyl halides is 3. The summed E-state index contributed by atoms with van der Waals surface area (Å²) < 4.78 is 37.0. The number of aromatic amines is 1. The van der Waals surface area contributed by atoms with Crippen LogP contribution in [0.15, 0.2) is 25.0 Å². The first-order valence-electron chi connectivity index (χ1n) is 10.0. The van der Waals surface area contributed by atoms with Crippen LogP contribution in [0, 0.1) is 11.3 Å². The van der Waals surface area contributed by atoms with Gasteiger partial charge in [-0.3, -0.25) is 9.59 Å². The minimum Gasteiger partial charge on any atom is -0.344 e. The second-order valence-electron chi connectivity index (χ2n) is 8.34. The van der Waals surface area contributed by atoms with Gasteiger partial charge in [-0.2, -0.15) is 13.2 Å². The molecule has 2 aromatic heterocycles. The molecule has 3 heterocycles. The van der Waals surface area contributed by atoms with Crippen molar-refractivity contribution in [1.29, 1.82) is 0 Å². The predicted molar refractivity (Wildman–Crippen MR) is 104 cm³/mol. The number of nitrogens with one attached hydrogen (secondary N) is 1. The van der Waals surface area contributed by atoms with E-state index >= 15 is 0 Å². The number of hydrogen-bond acceptors (Lipinski definition) is 4. The van der Waals surface area contributed by atoms with E-state index in [0.29, 0.717) is 24.1 Å². The number of rotatable bonds is 7. The van der Waals surface area contributed by atoms with Crippen LogP contribution in [-0.4, -0.2) is 50.8 Å². The van der Waals surface area contributed by atoms with Crippen LogP contribution in [0.3, 0.4) is 0 Å². The molecular weight excluding hydrogens is 397 g/mol. The Hall–Kier alpha value is -2.71. The molecule has 160 valence electrons. The lowest BCUT2D eigenvalue weighted by Gasteiger charge is -2.15. The van der Waals surface area contributed by atoms with Crippen LogP contribution in [0.5, 0.6) is 0 Å². The highest BCUT2D eigenvalue weighted by atomic mass is 19.4. The topological polar surface area (TPSA) is 79.0 Å². The van der Waals surface area contributed by atoms with E-state index < -0.39 is 12.6 Å². The first kappa shape index (κ1) is 20.6. The zero-order valence-corrected chi connectivity index (χ0v) is 16.5. The highest BCUT2D eigenvalue weighted by Crippen LogP contribution is 2.57. The molecule has 0 bridgehead atoms. The second kappa shape index (κ2) is 7.52. The molecule has 1 saturated heterocycles. The average molecular weight is 420 g/mol. The third-order valence-electron chi connectivity index (χ3n) is 6.24. The van der Waals surface area contributed by atoms with E-state index in [1.807, 2.05) is 4.90 Å². The van der Waals surface area contributed by atoms with Gasteiger partial charge in [-0.1, -0.05) is 6.58 Å². The SMILES string of the molecule is C=CC(=O)N1CC(Cc2cnc3[nH]cc(C(=O)CCCC(F)(F)F)c3n2)C2(CC2)C1. The number of carbonyl (C=O) groups is 2. The molecule has 2 aromatic rings. The summed E-state index contributed by atoms with van der Waals surface area (Å²) in [5, 5.41) is 0. The summed E-state index contributed by atoms with van der Waals surface area (Å²) in [5.74, 6) is -0.181. The maximum atomic E-state index is 12.4. The van der Waals surface area contributed by atoms with Crippen molar-refractivity contribution >= 4 is 22.9 Å². The van der Waals surface area contributed by atoms with Crippen LogP contribution >= 0.6 is 0 Å². The number of ketones is 1. The smallest absolute Gasteiger partial charge is 0.344 e. The average Bonchev–Trinajstić information content (AvgIpc) is 3.20. The van der Waals surface area contributed by atoms with E-state index in [-0.39, 0.29) is 41.4 Å². The Morgan fingerprint density at radius 2 is 2.13 bits per heavy atom. The molecule has 1 saturated carbocycles. The van der Waals surface area contributed by atoms with Gasteiger partial charge in [-0.25, -0.2) is 9.97 Å². The minimum absolute atomic E-state index is 0.0670. The summed E-state index contributed by atoms with van der Waals surface area (Å²) in [5.41, 5.74) is 1.96. The molecule has 6 nitrogen and oxygen atoms in total. The largest absolute Gasteiger partial charge is 0.389 e. The molecule has 1 unspecified atom stereocenters. The van der Waals surface area contributed by atoms with Crippen molar-refractivity contribution in [3.8, 4) is 0 Å². The Balaban J connectivity index is 1.48. The van der Waals surface area contributed by atoms with Gasteiger partial charge < -0.3 is 9.88 Å². The Morgan fingerprint density at radius 3 is 2.80 bits per heavy atom. The number of nitrogens with zero attached hydrogens (tertiary/aromatic N) is 3. The monoisotopic (exact) mass is 420 g/mol. The number of amides is 1. The maximum absolute atomic E-state index is 12.4. The van der Waals surface area contributed by atoms with Crippen LogP contribution in [0.25, 0.3) is 11.2 Å². The fraction of sp³-hybridized carbons (Fsp3) is 0.524. The number of aromatic nitrogens is 3. The van der Waals surface area contributed by atoms with Crippen molar-refractivity contribution in [2.24, 2.45) is 11.3 Å². The Labute approximate surface area is 171 Å². The first-order valence-corrected chi connectivity index (χ1v) is 10.0. The van der Waals surface area contributed by atoms with Crippen molar-refractivity contribution in [1.82, 2.24) is 19.9 Å². The zero-order valence-electron chi connectivity index (χ0n) is 16.5. The minimum atomic E-state index is -4.27. The number of H-pyrrole nitrogens is 1. The van der Waals surface area contributed by atoms with Gasteiger partial charge >= 0.3 is 6.18 Å². The quantitative estimate of drug-likeness (QED) is 0.545. The molecule has 1 aliphatic carbocycles. The molecule has 4 rings (SSSR count). The van der Waals surface area contributed by atoms with Gasteiger partial charge in [0.1, 0.15) is 5.52 Å². The molecular formula is C21H23F3N4O2.